The second-order valence-electron chi connectivity index (χ2n) is 6.22. The van der Waals surface area contributed by atoms with Crippen molar-refractivity contribution in [1.82, 2.24) is 15.2 Å². The van der Waals surface area contributed by atoms with Gasteiger partial charge in [0.05, 0.1) is 31.0 Å². The average molecular weight is 351 g/mol. The molecule has 1 aliphatic rings. The van der Waals surface area contributed by atoms with Crippen LogP contribution in [0, 0.1) is 6.92 Å². The minimum absolute atomic E-state index is 0.0851. The Bertz CT molecular complexity index is 1030. The maximum absolute atomic E-state index is 12.5. The molecule has 0 amide bonds. The van der Waals surface area contributed by atoms with E-state index in [1.54, 1.807) is 26.3 Å². The van der Waals surface area contributed by atoms with Gasteiger partial charge in [-0.05, 0) is 31.2 Å². The molecule has 0 unspecified atom stereocenters. The summed E-state index contributed by atoms with van der Waals surface area (Å²) in [6.45, 7) is 1.75. The maximum atomic E-state index is 12.5. The minimum Gasteiger partial charge on any atom is -0.497 e. The van der Waals surface area contributed by atoms with Crippen LogP contribution in [0.25, 0.3) is 11.3 Å². The number of nitrogens with zero attached hydrogens (tertiary/aromatic N) is 1. The summed E-state index contributed by atoms with van der Waals surface area (Å²) in [5, 5.41) is 7.12. The van der Waals surface area contributed by atoms with Crippen molar-refractivity contribution in [3.63, 3.8) is 0 Å². The number of nitrogens with one attached hydrogen (secondary N) is 2. The third-order valence-electron chi connectivity index (χ3n) is 4.53. The standard InChI is InChI=1S/C19H17N3O4/c1-10-7-15-17(19(24)21-10)13(8-16(23)26-15)14-9-20-22-18(14)11-3-5-12(25-2)6-4-11/h3-7,9,13H,8H2,1-2H3,(H,20,22)(H,21,24)/t13-/m0/s1. The Morgan fingerprint density at radius 1 is 1.23 bits per heavy atom. The molecule has 1 aliphatic heterocycles. The summed E-state index contributed by atoms with van der Waals surface area (Å²) in [6.07, 6.45) is 1.74. The first-order valence-corrected chi connectivity index (χ1v) is 8.19. The summed E-state index contributed by atoms with van der Waals surface area (Å²) >= 11 is 0. The fraction of sp³-hybridized carbons (Fsp3) is 0.211. The molecule has 0 aliphatic carbocycles. The first-order valence-electron chi connectivity index (χ1n) is 8.19. The van der Waals surface area contributed by atoms with E-state index >= 15 is 0 Å². The molecule has 0 spiro atoms. The van der Waals surface area contributed by atoms with E-state index in [1.165, 1.54) is 0 Å². The molecule has 0 saturated carbocycles. The summed E-state index contributed by atoms with van der Waals surface area (Å²) in [6, 6.07) is 9.17. The van der Waals surface area contributed by atoms with E-state index in [0.29, 0.717) is 17.0 Å². The minimum atomic E-state index is -0.425. The van der Waals surface area contributed by atoms with Crippen LogP contribution in [-0.4, -0.2) is 28.3 Å². The molecule has 3 aromatic rings. The number of aromatic nitrogens is 3. The average Bonchev–Trinajstić information content (AvgIpc) is 3.10. The highest BCUT2D eigenvalue weighted by Crippen LogP contribution is 2.40. The molecular formula is C19H17N3O4. The molecule has 0 fully saturated rings. The zero-order valence-electron chi connectivity index (χ0n) is 14.3. The van der Waals surface area contributed by atoms with Gasteiger partial charge in [-0.25, -0.2) is 0 Å². The number of esters is 1. The van der Waals surface area contributed by atoms with Crippen molar-refractivity contribution in [2.45, 2.75) is 19.3 Å². The first kappa shape index (κ1) is 16.1. The topological polar surface area (TPSA) is 97.1 Å². The number of ether oxygens (including phenoxy) is 2. The van der Waals surface area contributed by atoms with Gasteiger partial charge in [-0.1, -0.05) is 0 Å². The number of aromatic amines is 2. The highest BCUT2D eigenvalue weighted by atomic mass is 16.5. The van der Waals surface area contributed by atoms with Gasteiger partial charge in [-0.15, -0.1) is 0 Å². The van der Waals surface area contributed by atoms with E-state index in [0.717, 1.165) is 22.6 Å². The number of aryl methyl sites for hydroxylation is 1. The quantitative estimate of drug-likeness (QED) is 0.707. The van der Waals surface area contributed by atoms with Crippen molar-refractivity contribution in [3.05, 3.63) is 63.7 Å². The highest BCUT2D eigenvalue weighted by molar-refractivity contribution is 5.79. The van der Waals surface area contributed by atoms with Crippen molar-refractivity contribution in [2.75, 3.05) is 7.11 Å². The lowest BCUT2D eigenvalue weighted by Crippen LogP contribution is -2.28. The monoisotopic (exact) mass is 351 g/mol. The Morgan fingerprint density at radius 2 is 2.00 bits per heavy atom. The molecule has 1 aromatic carbocycles. The van der Waals surface area contributed by atoms with E-state index < -0.39 is 5.92 Å². The van der Waals surface area contributed by atoms with Crippen molar-refractivity contribution >= 4 is 5.97 Å². The van der Waals surface area contributed by atoms with Crippen LogP contribution >= 0.6 is 0 Å². The Kier molecular flexibility index (Phi) is 3.84. The molecule has 0 bridgehead atoms. The number of pyridine rings is 1. The van der Waals surface area contributed by atoms with Gasteiger partial charge >= 0.3 is 5.97 Å². The van der Waals surface area contributed by atoms with Crippen LogP contribution in [0.4, 0.5) is 0 Å². The Morgan fingerprint density at radius 3 is 2.73 bits per heavy atom. The van der Waals surface area contributed by atoms with Gasteiger partial charge in [0, 0.05) is 28.8 Å². The third-order valence-corrected chi connectivity index (χ3v) is 4.53. The predicted molar refractivity (Wildman–Crippen MR) is 94.5 cm³/mol. The van der Waals surface area contributed by atoms with E-state index in [-0.39, 0.29) is 17.9 Å². The van der Waals surface area contributed by atoms with E-state index in [9.17, 15) is 9.59 Å². The summed E-state index contributed by atoms with van der Waals surface area (Å²) in [5.41, 5.74) is 3.28. The van der Waals surface area contributed by atoms with E-state index in [2.05, 4.69) is 15.2 Å². The lowest BCUT2D eigenvalue weighted by atomic mass is 9.86. The van der Waals surface area contributed by atoms with Gasteiger partial charge in [0.15, 0.2) is 0 Å². The number of carbonyl (C=O) groups is 1. The van der Waals surface area contributed by atoms with Crippen molar-refractivity contribution in [2.24, 2.45) is 0 Å². The van der Waals surface area contributed by atoms with Gasteiger partial charge < -0.3 is 14.5 Å². The number of H-pyrrole nitrogens is 2. The normalized spacial score (nSPS) is 16.1. The number of carbonyl (C=O) groups excluding carboxylic acids is 1. The number of benzene rings is 1. The fourth-order valence-electron chi connectivity index (χ4n) is 3.33. The second-order valence-corrected chi connectivity index (χ2v) is 6.22. The number of rotatable bonds is 3. The number of methoxy groups -OCH3 is 1. The molecule has 7 heteroatoms. The Balaban J connectivity index is 1.84. The zero-order valence-corrected chi connectivity index (χ0v) is 14.3. The number of hydrogen-bond donors (Lipinski definition) is 2. The van der Waals surface area contributed by atoms with Gasteiger partial charge in [-0.3, -0.25) is 14.7 Å². The molecule has 2 aromatic heterocycles. The lowest BCUT2D eigenvalue weighted by Gasteiger charge is -2.24. The van der Waals surface area contributed by atoms with E-state index in [4.69, 9.17) is 9.47 Å². The van der Waals surface area contributed by atoms with Gasteiger partial charge in [0.2, 0.25) is 0 Å². The molecule has 0 saturated heterocycles. The number of fused-ring (bicyclic) bond motifs is 1. The summed E-state index contributed by atoms with van der Waals surface area (Å²) < 4.78 is 10.5. The van der Waals surface area contributed by atoms with Crippen LogP contribution in [0.5, 0.6) is 11.5 Å². The number of hydrogen-bond acceptors (Lipinski definition) is 5. The van der Waals surface area contributed by atoms with Gasteiger partial charge in [0.25, 0.3) is 5.56 Å². The summed E-state index contributed by atoms with van der Waals surface area (Å²) in [4.78, 5) is 27.4. The molecular weight excluding hydrogens is 334 g/mol. The SMILES string of the molecule is COc1ccc(-c2[nH]ncc2[C@@H]2CC(=O)Oc3cc(C)[nH]c(=O)c32)cc1. The second kappa shape index (κ2) is 6.18. The van der Waals surface area contributed by atoms with Crippen LogP contribution < -0.4 is 15.0 Å². The molecule has 4 rings (SSSR count). The lowest BCUT2D eigenvalue weighted by molar-refractivity contribution is -0.135. The zero-order chi connectivity index (χ0) is 18.3. The van der Waals surface area contributed by atoms with Crippen LogP contribution in [0.2, 0.25) is 0 Å². The molecule has 7 nitrogen and oxygen atoms in total. The van der Waals surface area contributed by atoms with Crippen LogP contribution in [0.15, 0.2) is 41.3 Å². The largest absolute Gasteiger partial charge is 0.497 e. The molecule has 1 atom stereocenters. The predicted octanol–water partition coefficient (Wildman–Crippen LogP) is 2.52. The Labute approximate surface area is 149 Å². The smallest absolute Gasteiger partial charge is 0.312 e. The fourth-order valence-corrected chi connectivity index (χ4v) is 3.33. The van der Waals surface area contributed by atoms with Crippen LogP contribution in [0.1, 0.15) is 29.2 Å². The molecule has 3 heterocycles. The first-order chi connectivity index (χ1) is 12.6. The molecule has 26 heavy (non-hydrogen) atoms. The van der Waals surface area contributed by atoms with Gasteiger partial charge in [-0.2, -0.15) is 5.10 Å². The summed E-state index contributed by atoms with van der Waals surface area (Å²) in [5.74, 6) is 0.267. The van der Waals surface area contributed by atoms with Crippen molar-refractivity contribution in [3.8, 4) is 22.8 Å². The third kappa shape index (κ3) is 2.67. The maximum Gasteiger partial charge on any atom is 0.312 e. The van der Waals surface area contributed by atoms with Gasteiger partial charge in [0.1, 0.15) is 11.5 Å². The molecule has 2 N–H and O–H groups in total. The molecule has 0 radical (unpaired) electrons. The van der Waals surface area contributed by atoms with Crippen molar-refractivity contribution < 1.29 is 14.3 Å². The van der Waals surface area contributed by atoms with Crippen molar-refractivity contribution in [1.29, 1.82) is 0 Å². The molecule has 132 valence electrons. The van der Waals surface area contributed by atoms with Crippen LogP contribution in [0.3, 0.4) is 0 Å². The van der Waals surface area contributed by atoms with Crippen LogP contribution in [-0.2, 0) is 4.79 Å². The summed E-state index contributed by atoms with van der Waals surface area (Å²) in [7, 11) is 1.61. The van der Waals surface area contributed by atoms with E-state index in [1.807, 2.05) is 24.3 Å². The highest BCUT2D eigenvalue weighted by Gasteiger charge is 2.33. The Hall–Kier alpha value is -3.35.